The van der Waals surface area contributed by atoms with Crippen LogP contribution in [0.5, 0.6) is 5.75 Å². The Bertz CT molecular complexity index is 727. The van der Waals surface area contributed by atoms with Gasteiger partial charge in [0.25, 0.3) is 5.91 Å². The lowest BCUT2D eigenvalue weighted by Crippen LogP contribution is -2.22. The van der Waals surface area contributed by atoms with Crippen LogP contribution in [0.15, 0.2) is 42.5 Å². The lowest BCUT2D eigenvalue weighted by Gasteiger charge is -2.23. The van der Waals surface area contributed by atoms with Gasteiger partial charge in [-0.25, -0.2) is 0 Å². The number of nitrogens with one attached hydrogen (secondary N) is 1. The summed E-state index contributed by atoms with van der Waals surface area (Å²) in [6.07, 6.45) is 3.45. The van der Waals surface area contributed by atoms with Gasteiger partial charge in [0.15, 0.2) is 6.61 Å². The lowest BCUT2D eigenvalue weighted by molar-refractivity contribution is -0.118. The number of rotatable bonds is 7. The third kappa shape index (κ3) is 5.91. The lowest BCUT2D eigenvalue weighted by atomic mass is 9.85. The molecule has 1 amide bonds. The van der Waals surface area contributed by atoms with E-state index in [1.807, 2.05) is 24.3 Å². The molecule has 2 rings (SSSR count). The Labute approximate surface area is 157 Å². The molecule has 0 unspecified atom stereocenters. The molecule has 1 N–H and O–H groups in total. The third-order valence-electron chi connectivity index (χ3n) is 4.36. The zero-order chi connectivity index (χ0) is 19.2. The highest BCUT2D eigenvalue weighted by molar-refractivity contribution is 5.91. The van der Waals surface area contributed by atoms with Gasteiger partial charge < -0.3 is 10.1 Å². The fourth-order valence-corrected chi connectivity index (χ4v) is 2.83. The van der Waals surface area contributed by atoms with Gasteiger partial charge in [-0.1, -0.05) is 63.9 Å². The Morgan fingerprint density at radius 2 is 1.77 bits per heavy atom. The van der Waals surface area contributed by atoms with Crippen LogP contribution in [0.4, 0.5) is 5.69 Å². The van der Waals surface area contributed by atoms with Crippen LogP contribution in [0.1, 0.15) is 57.2 Å². The zero-order valence-corrected chi connectivity index (χ0v) is 16.7. The van der Waals surface area contributed by atoms with E-state index in [1.165, 1.54) is 24.0 Å². The van der Waals surface area contributed by atoms with E-state index in [2.05, 4.69) is 58.1 Å². The van der Waals surface area contributed by atoms with Crippen molar-refractivity contribution in [1.82, 2.24) is 0 Å². The van der Waals surface area contributed by atoms with Crippen LogP contribution in [0.25, 0.3) is 0 Å². The topological polar surface area (TPSA) is 38.3 Å². The molecule has 0 aromatic heterocycles. The van der Waals surface area contributed by atoms with E-state index in [4.69, 9.17) is 4.74 Å². The molecule has 0 heterocycles. The highest BCUT2D eigenvalue weighted by Gasteiger charge is 2.19. The van der Waals surface area contributed by atoms with Gasteiger partial charge in [-0.2, -0.15) is 0 Å². The number of amides is 1. The van der Waals surface area contributed by atoms with Gasteiger partial charge in [0.1, 0.15) is 5.75 Å². The van der Waals surface area contributed by atoms with Gasteiger partial charge in [0.2, 0.25) is 0 Å². The molecular weight excluding hydrogens is 322 g/mol. The standard InChI is InChI=1S/C23H31NO2/c1-6-7-8-18-10-12-19(13-11-18)24-22(25)16-26-21-14-9-17(2)15-20(21)23(3,4)5/h9-15H,6-8,16H2,1-5H3,(H,24,25). The molecule has 0 saturated carbocycles. The Morgan fingerprint density at radius 3 is 2.38 bits per heavy atom. The number of unbranched alkanes of at least 4 members (excludes halogenated alkanes) is 1. The van der Waals surface area contributed by atoms with E-state index in [0.29, 0.717) is 0 Å². The predicted octanol–water partition coefficient (Wildman–Crippen LogP) is 5.65. The van der Waals surface area contributed by atoms with Crippen LogP contribution in [0.2, 0.25) is 0 Å². The van der Waals surface area contributed by atoms with Crippen molar-refractivity contribution in [2.45, 2.75) is 59.3 Å². The first kappa shape index (κ1) is 20.0. The predicted molar refractivity (Wildman–Crippen MR) is 109 cm³/mol. The molecule has 0 fully saturated rings. The molecule has 0 aliphatic rings. The van der Waals surface area contributed by atoms with E-state index < -0.39 is 0 Å². The molecule has 3 heteroatoms. The largest absolute Gasteiger partial charge is 0.483 e. The van der Waals surface area contributed by atoms with Crippen molar-refractivity contribution in [2.24, 2.45) is 0 Å². The van der Waals surface area contributed by atoms with Crippen LogP contribution < -0.4 is 10.1 Å². The molecule has 0 radical (unpaired) electrons. The monoisotopic (exact) mass is 353 g/mol. The van der Waals surface area contributed by atoms with Crippen molar-refractivity contribution in [3.63, 3.8) is 0 Å². The van der Waals surface area contributed by atoms with Gasteiger partial charge in [-0.15, -0.1) is 0 Å². The van der Waals surface area contributed by atoms with Gasteiger partial charge in [0.05, 0.1) is 0 Å². The summed E-state index contributed by atoms with van der Waals surface area (Å²) in [5, 5.41) is 2.90. The van der Waals surface area contributed by atoms with Crippen molar-refractivity contribution >= 4 is 11.6 Å². The summed E-state index contributed by atoms with van der Waals surface area (Å²) >= 11 is 0. The number of anilines is 1. The summed E-state index contributed by atoms with van der Waals surface area (Å²) in [6, 6.07) is 14.1. The minimum absolute atomic E-state index is 0.00370. The number of ether oxygens (including phenoxy) is 1. The summed E-state index contributed by atoms with van der Waals surface area (Å²) in [6.45, 7) is 10.7. The quantitative estimate of drug-likeness (QED) is 0.698. The van der Waals surface area contributed by atoms with Gasteiger partial charge in [-0.05, 0) is 54.5 Å². The SMILES string of the molecule is CCCCc1ccc(NC(=O)COc2ccc(C)cc2C(C)(C)C)cc1. The number of benzene rings is 2. The average Bonchev–Trinajstić information content (AvgIpc) is 2.59. The molecule has 0 aliphatic heterocycles. The van der Waals surface area contributed by atoms with Crippen LogP contribution in [-0.2, 0) is 16.6 Å². The highest BCUT2D eigenvalue weighted by Crippen LogP contribution is 2.32. The number of hydrogen-bond donors (Lipinski definition) is 1. The minimum atomic E-state index is -0.147. The fraction of sp³-hybridized carbons (Fsp3) is 0.435. The van der Waals surface area contributed by atoms with Gasteiger partial charge in [-0.3, -0.25) is 4.79 Å². The fourth-order valence-electron chi connectivity index (χ4n) is 2.83. The molecule has 26 heavy (non-hydrogen) atoms. The van der Waals surface area contributed by atoms with Gasteiger partial charge in [0, 0.05) is 5.69 Å². The Balaban J connectivity index is 1.95. The molecule has 2 aromatic carbocycles. The maximum atomic E-state index is 12.2. The summed E-state index contributed by atoms with van der Waals surface area (Å²) in [5.41, 5.74) is 4.38. The second-order valence-corrected chi connectivity index (χ2v) is 7.89. The van der Waals surface area contributed by atoms with Crippen molar-refractivity contribution < 1.29 is 9.53 Å². The van der Waals surface area contributed by atoms with Crippen molar-refractivity contribution in [1.29, 1.82) is 0 Å². The van der Waals surface area contributed by atoms with E-state index in [0.717, 1.165) is 23.4 Å². The second-order valence-electron chi connectivity index (χ2n) is 7.89. The summed E-state index contributed by atoms with van der Waals surface area (Å²) < 4.78 is 5.82. The molecule has 2 aromatic rings. The maximum absolute atomic E-state index is 12.2. The summed E-state index contributed by atoms with van der Waals surface area (Å²) in [5.74, 6) is 0.625. The first-order chi connectivity index (χ1) is 12.3. The number of hydrogen-bond acceptors (Lipinski definition) is 2. The Hall–Kier alpha value is -2.29. The van der Waals surface area contributed by atoms with E-state index >= 15 is 0 Å². The zero-order valence-electron chi connectivity index (χ0n) is 16.7. The first-order valence-corrected chi connectivity index (χ1v) is 9.42. The molecule has 3 nitrogen and oxygen atoms in total. The van der Waals surface area contributed by atoms with Crippen LogP contribution in [0.3, 0.4) is 0 Å². The molecule has 0 aliphatic carbocycles. The number of carbonyl (C=O) groups excluding carboxylic acids is 1. The minimum Gasteiger partial charge on any atom is -0.483 e. The van der Waals surface area contributed by atoms with Crippen LogP contribution in [0, 0.1) is 6.92 Å². The average molecular weight is 354 g/mol. The highest BCUT2D eigenvalue weighted by atomic mass is 16.5. The molecule has 0 spiro atoms. The van der Waals surface area contributed by atoms with Crippen molar-refractivity contribution in [2.75, 3.05) is 11.9 Å². The molecule has 0 atom stereocenters. The summed E-state index contributed by atoms with van der Waals surface area (Å²) in [4.78, 5) is 12.2. The van der Waals surface area contributed by atoms with Crippen molar-refractivity contribution in [3.8, 4) is 5.75 Å². The maximum Gasteiger partial charge on any atom is 0.262 e. The number of aryl methyl sites for hydroxylation is 2. The van der Waals surface area contributed by atoms with E-state index in [1.54, 1.807) is 0 Å². The van der Waals surface area contributed by atoms with Crippen molar-refractivity contribution in [3.05, 3.63) is 59.2 Å². The Morgan fingerprint density at radius 1 is 1.08 bits per heavy atom. The molecular formula is C23H31NO2. The second kappa shape index (κ2) is 8.88. The van der Waals surface area contributed by atoms with Crippen LogP contribution >= 0.6 is 0 Å². The molecule has 0 saturated heterocycles. The normalized spacial score (nSPS) is 11.3. The van der Waals surface area contributed by atoms with Gasteiger partial charge >= 0.3 is 0 Å². The smallest absolute Gasteiger partial charge is 0.262 e. The molecule has 140 valence electrons. The van der Waals surface area contributed by atoms with Crippen LogP contribution in [-0.4, -0.2) is 12.5 Å². The third-order valence-corrected chi connectivity index (χ3v) is 4.36. The number of carbonyl (C=O) groups is 1. The Kier molecular flexibility index (Phi) is 6.84. The molecule has 0 bridgehead atoms. The van der Waals surface area contributed by atoms with E-state index in [9.17, 15) is 4.79 Å². The summed E-state index contributed by atoms with van der Waals surface area (Å²) in [7, 11) is 0. The first-order valence-electron chi connectivity index (χ1n) is 9.42. The van der Waals surface area contributed by atoms with E-state index in [-0.39, 0.29) is 17.9 Å².